The van der Waals surface area contributed by atoms with E-state index in [4.69, 9.17) is 15.2 Å². The number of nitrogens with two attached hydrogens (primary N) is 1. The molecule has 0 saturated carbocycles. The second kappa shape index (κ2) is 5.60. The average molecular weight is 358 g/mol. The van der Waals surface area contributed by atoms with Gasteiger partial charge in [-0.25, -0.2) is 14.8 Å². The molecule has 9 nitrogen and oxygen atoms in total. The van der Waals surface area contributed by atoms with E-state index < -0.39 is 5.97 Å². The normalized spacial score (nSPS) is 13.4. The largest absolute Gasteiger partial charge is 0.477 e. The third-order valence-corrected chi connectivity index (χ3v) is 4.61. The van der Waals surface area contributed by atoms with Gasteiger partial charge in [0.1, 0.15) is 21.1 Å². The fraction of sp³-hybridized carbons (Fsp3) is 0.0667. The predicted octanol–water partition coefficient (Wildman–Crippen LogP) is 1.93. The van der Waals surface area contributed by atoms with Crippen LogP contribution in [0.4, 0.5) is 5.95 Å². The number of hydrogen-bond donors (Lipinski definition) is 3. The molecular weight excluding hydrogens is 348 g/mol. The predicted molar refractivity (Wildman–Crippen MR) is 88.8 cm³/mol. The van der Waals surface area contributed by atoms with Crippen LogP contribution < -0.4 is 15.2 Å². The van der Waals surface area contributed by atoms with Gasteiger partial charge >= 0.3 is 5.97 Å². The Morgan fingerprint density at radius 2 is 2.04 bits per heavy atom. The minimum atomic E-state index is -1.09. The molecule has 0 fully saturated rings. The maximum atomic E-state index is 11.2. The number of nitrogens with zero attached hydrogens (tertiary/aromatic N) is 3. The van der Waals surface area contributed by atoms with E-state index in [-0.39, 0.29) is 29.0 Å². The van der Waals surface area contributed by atoms with Crippen LogP contribution in [-0.4, -0.2) is 38.8 Å². The zero-order valence-electron chi connectivity index (χ0n) is 12.5. The molecular formula is C15H10N4O5S. The van der Waals surface area contributed by atoms with Crippen LogP contribution in [0.15, 0.2) is 29.4 Å². The first-order chi connectivity index (χ1) is 12.1. The van der Waals surface area contributed by atoms with Gasteiger partial charge in [-0.3, -0.25) is 0 Å². The molecule has 0 amide bonds. The first-order valence-corrected chi connectivity index (χ1v) is 7.81. The Morgan fingerprint density at radius 1 is 1.24 bits per heavy atom. The number of aromatic carboxylic acids is 1. The van der Waals surface area contributed by atoms with E-state index in [2.05, 4.69) is 15.1 Å². The van der Waals surface area contributed by atoms with Gasteiger partial charge in [-0.2, -0.15) is 0 Å². The molecule has 25 heavy (non-hydrogen) atoms. The van der Waals surface area contributed by atoms with Gasteiger partial charge in [0.15, 0.2) is 11.5 Å². The second-order valence-corrected chi connectivity index (χ2v) is 6.11. The highest BCUT2D eigenvalue weighted by atomic mass is 32.1. The van der Waals surface area contributed by atoms with Gasteiger partial charge in [-0.05, 0) is 24.3 Å². The van der Waals surface area contributed by atoms with Crippen molar-refractivity contribution >= 4 is 39.2 Å². The molecule has 3 heterocycles. The van der Waals surface area contributed by atoms with Crippen molar-refractivity contribution in [1.82, 2.24) is 9.97 Å². The van der Waals surface area contributed by atoms with Gasteiger partial charge in [0.05, 0.1) is 0 Å². The summed E-state index contributed by atoms with van der Waals surface area (Å²) in [6.45, 7) is 0.113. The number of carbonyl (C=O) groups is 1. The Kier molecular flexibility index (Phi) is 3.39. The Balaban J connectivity index is 1.91. The van der Waals surface area contributed by atoms with Crippen molar-refractivity contribution in [2.75, 3.05) is 12.5 Å². The molecule has 2 aromatic heterocycles. The van der Waals surface area contributed by atoms with Crippen molar-refractivity contribution in [3.63, 3.8) is 0 Å². The van der Waals surface area contributed by atoms with Crippen LogP contribution in [0.3, 0.4) is 0 Å². The number of fused-ring (bicyclic) bond motifs is 2. The topological polar surface area (TPSA) is 140 Å². The fourth-order valence-corrected chi connectivity index (χ4v) is 3.39. The summed E-state index contributed by atoms with van der Waals surface area (Å²) in [5.74, 6) is -0.0492. The highest BCUT2D eigenvalue weighted by Gasteiger charge is 2.22. The minimum absolute atomic E-state index is 0.0526. The molecule has 0 radical (unpaired) electrons. The molecule has 0 spiro atoms. The fourth-order valence-electron chi connectivity index (χ4n) is 2.51. The lowest BCUT2D eigenvalue weighted by Crippen LogP contribution is -2.09. The number of anilines is 1. The molecule has 0 unspecified atom stereocenters. The van der Waals surface area contributed by atoms with Crippen molar-refractivity contribution in [2.45, 2.75) is 0 Å². The van der Waals surface area contributed by atoms with Gasteiger partial charge in [0.25, 0.3) is 0 Å². The molecule has 4 N–H and O–H groups in total. The smallest absolute Gasteiger partial charge is 0.345 e. The SMILES string of the molecule is Nc1nc(/C(=N/O)c2ccc3c(c2)OCO3)c2cc(C(=O)O)sc2n1. The van der Waals surface area contributed by atoms with Gasteiger partial charge < -0.3 is 25.5 Å². The zero-order chi connectivity index (χ0) is 17.6. The Morgan fingerprint density at radius 3 is 2.80 bits per heavy atom. The van der Waals surface area contributed by atoms with Crippen LogP contribution in [0, 0.1) is 0 Å². The molecule has 1 aromatic carbocycles. The van der Waals surface area contributed by atoms with Crippen LogP contribution in [0.5, 0.6) is 11.5 Å². The Bertz CT molecular complexity index is 1050. The van der Waals surface area contributed by atoms with Crippen molar-refractivity contribution in [1.29, 1.82) is 0 Å². The molecule has 0 saturated heterocycles. The lowest BCUT2D eigenvalue weighted by atomic mass is 10.0. The summed E-state index contributed by atoms with van der Waals surface area (Å²) in [6.07, 6.45) is 0. The van der Waals surface area contributed by atoms with Crippen molar-refractivity contribution < 1.29 is 24.6 Å². The number of hydrogen-bond acceptors (Lipinski definition) is 9. The molecule has 10 heteroatoms. The summed E-state index contributed by atoms with van der Waals surface area (Å²) in [6, 6.07) is 6.43. The van der Waals surface area contributed by atoms with Crippen LogP contribution in [-0.2, 0) is 0 Å². The van der Waals surface area contributed by atoms with E-state index >= 15 is 0 Å². The Hall–Kier alpha value is -3.40. The van der Waals surface area contributed by atoms with Gasteiger partial charge in [-0.1, -0.05) is 5.16 Å². The lowest BCUT2D eigenvalue weighted by Gasteiger charge is -2.07. The van der Waals surface area contributed by atoms with E-state index in [0.29, 0.717) is 27.3 Å². The van der Waals surface area contributed by atoms with Gasteiger partial charge in [0, 0.05) is 10.9 Å². The van der Waals surface area contributed by atoms with E-state index in [0.717, 1.165) is 11.3 Å². The van der Waals surface area contributed by atoms with Crippen molar-refractivity contribution in [3.8, 4) is 11.5 Å². The average Bonchev–Trinajstić information content (AvgIpc) is 3.21. The van der Waals surface area contributed by atoms with E-state index in [1.54, 1.807) is 18.2 Å². The molecule has 1 aliphatic heterocycles. The standard InChI is InChI=1S/C15H10N4O5S/c16-15-17-12(7-4-10(14(20)21)25-13(7)18-15)11(19-22)6-1-2-8-9(3-6)24-5-23-8/h1-4,22H,5H2,(H,20,21)(H2,16,17,18)/b19-11+. The summed E-state index contributed by atoms with van der Waals surface area (Å²) in [5, 5.41) is 22.5. The van der Waals surface area contributed by atoms with Crippen LogP contribution in [0.1, 0.15) is 20.9 Å². The maximum absolute atomic E-state index is 11.2. The zero-order valence-corrected chi connectivity index (χ0v) is 13.3. The number of carboxylic acid groups (broad SMARTS) is 1. The molecule has 0 bridgehead atoms. The highest BCUT2D eigenvalue weighted by Crippen LogP contribution is 2.34. The number of aromatic nitrogens is 2. The quantitative estimate of drug-likeness (QED) is 0.366. The monoisotopic (exact) mass is 358 g/mol. The van der Waals surface area contributed by atoms with Crippen LogP contribution in [0.25, 0.3) is 10.2 Å². The molecule has 0 atom stereocenters. The van der Waals surface area contributed by atoms with Crippen LogP contribution in [0.2, 0.25) is 0 Å². The van der Waals surface area contributed by atoms with E-state index in [1.165, 1.54) is 6.07 Å². The molecule has 1 aliphatic rings. The number of nitrogen functional groups attached to an aromatic ring is 1. The summed E-state index contributed by atoms with van der Waals surface area (Å²) in [7, 11) is 0. The minimum Gasteiger partial charge on any atom is -0.477 e. The number of thiophene rings is 1. The molecule has 3 aromatic rings. The van der Waals surface area contributed by atoms with Crippen LogP contribution >= 0.6 is 11.3 Å². The number of carboxylic acids is 1. The number of rotatable bonds is 3. The summed E-state index contributed by atoms with van der Waals surface area (Å²) in [4.78, 5) is 19.9. The lowest BCUT2D eigenvalue weighted by molar-refractivity contribution is 0.0702. The number of oxime groups is 1. The van der Waals surface area contributed by atoms with Gasteiger partial charge in [0.2, 0.25) is 12.7 Å². The first-order valence-electron chi connectivity index (χ1n) is 6.99. The van der Waals surface area contributed by atoms with E-state index in [9.17, 15) is 15.1 Å². The van der Waals surface area contributed by atoms with Crippen molar-refractivity contribution in [2.24, 2.45) is 5.16 Å². The van der Waals surface area contributed by atoms with Gasteiger partial charge in [-0.15, -0.1) is 11.3 Å². The molecule has 126 valence electrons. The third-order valence-electron chi connectivity index (χ3n) is 3.59. The first kappa shape index (κ1) is 15.1. The second-order valence-electron chi connectivity index (χ2n) is 5.08. The summed E-state index contributed by atoms with van der Waals surface area (Å²) >= 11 is 0.965. The number of benzene rings is 1. The molecule has 4 rings (SSSR count). The Labute approximate surface area is 144 Å². The summed E-state index contributed by atoms with van der Waals surface area (Å²) < 4.78 is 10.6. The molecule has 0 aliphatic carbocycles. The maximum Gasteiger partial charge on any atom is 0.345 e. The third kappa shape index (κ3) is 2.48. The van der Waals surface area contributed by atoms with Crippen molar-refractivity contribution in [3.05, 3.63) is 40.4 Å². The summed E-state index contributed by atoms with van der Waals surface area (Å²) in [5.41, 5.74) is 6.58. The number of ether oxygens (including phenoxy) is 2. The highest BCUT2D eigenvalue weighted by molar-refractivity contribution is 7.20. The van der Waals surface area contributed by atoms with E-state index in [1.807, 2.05) is 0 Å².